The van der Waals surface area contributed by atoms with Crippen LogP contribution in [0, 0.1) is 5.92 Å². The van der Waals surface area contributed by atoms with Gasteiger partial charge in [0.1, 0.15) is 0 Å². The summed E-state index contributed by atoms with van der Waals surface area (Å²) in [6.07, 6.45) is 5.91. The Kier molecular flexibility index (Phi) is 5.25. The van der Waals surface area contributed by atoms with Crippen molar-refractivity contribution in [3.05, 3.63) is 0 Å². The summed E-state index contributed by atoms with van der Waals surface area (Å²) >= 11 is 0. The maximum absolute atomic E-state index is 12.3. The second-order valence-corrected chi connectivity index (χ2v) is 6.87. The molecule has 5 heteroatoms. The highest BCUT2D eigenvalue weighted by Gasteiger charge is 2.32. The van der Waals surface area contributed by atoms with Crippen molar-refractivity contribution in [3.63, 3.8) is 0 Å². The molecule has 1 saturated heterocycles. The van der Waals surface area contributed by atoms with Crippen LogP contribution in [0.5, 0.6) is 0 Å². The number of carbonyl (C=O) groups is 2. The molecule has 120 valence electrons. The van der Waals surface area contributed by atoms with Crippen molar-refractivity contribution in [2.45, 2.75) is 64.0 Å². The fourth-order valence-electron chi connectivity index (χ4n) is 3.42. The molecule has 0 aromatic heterocycles. The number of amides is 2. The van der Waals surface area contributed by atoms with Crippen LogP contribution in [0.3, 0.4) is 0 Å². The molecule has 21 heavy (non-hydrogen) atoms. The van der Waals surface area contributed by atoms with Gasteiger partial charge < -0.3 is 15.5 Å². The maximum Gasteiger partial charge on any atom is 0.223 e. The Bertz CT molecular complexity index is 381. The molecule has 1 aliphatic heterocycles. The minimum Gasteiger partial charge on any atom is -0.353 e. The van der Waals surface area contributed by atoms with Gasteiger partial charge in [-0.1, -0.05) is 0 Å². The summed E-state index contributed by atoms with van der Waals surface area (Å²) in [5.41, 5.74) is 0.230. The van der Waals surface area contributed by atoms with E-state index in [9.17, 15) is 9.59 Å². The van der Waals surface area contributed by atoms with Gasteiger partial charge >= 0.3 is 0 Å². The first-order valence-electron chi connectivity index (χ1n) is 8.18. The zero-order chi connectivity index (χ0) is 15.5. The van der Waals surface area contributed by atoms with Crippen molar-refractivity contribution in [1.29, 1.82) is 0 Å². The lowest BCUT2D eigenvalue weighted by Gasteiger charge is -2.38. The van der Waals surface area contributed by atoms with E-state index in [1.54, 1.807) is 6.92 Å². The molecular formula is C16H29N3O2. The van der Waals surface area contributed by atoms with E-state index in [2.05, 4.69) is 17.6 Å². The largest absolute Gasteiger partial charge is 0.353 e. The molecule has 5 nitrogen and oxygen atoms in total. The summed E-state index contributed by atoms with van der Waals surface area (Å²) in [7, 11) is 2.02. The van der Waals surface area contributed by atoms with Crippen LogP contribution < -0.4 is 10.6 Å². The zero-order valence-electron chi connectivity index (χ0n) is 13.6. The second kappa shape index (κ2) is 6.77. The molecule has 2 fully saturated rings. The number of carbonyl (C=O) groups excluding carboxylic acids is 2. The highest BCUT2D eigenvalue weighted by atomic mass is 16.2. The summed E-state index contributed by atoms with van der Waals surface area (Å²) in [4.78, 5) is 25.5. The molecule has 0 spiro atoms. The van der Waals surface area contributed by atoms with E-state index in [0.29, 0.717) is 6.04 Å². The predicted molar refractivity (Wildman–Crippen MR) is 82.8 cm³/mol. The van der Waals surface area contributed by atoms with E-state index in [1.807, 2.05) is 11.9 Å². The minimum atomic E-state index is 0.0817. The zero-order valence-corrected chi connectivity index (χ0v) is 13.6. The molecule has 2 rings (SSSR count). The summed E-state index contributed by atoms with van der Waals surface area (Å²) < 4.78 is 0. The van der Waals surface area contributed by atoms with Crippen LogP contribution in [0.2, 0.25) is 0 Å². The fraction of sp³-hybridized carbons (Fsp3) is 0.875. The van der Waals surface area contributed by atoms with Crippen molar-refractivity contribution in [2.75, 3.05) is 20.1 Å². The molecule has 2 aliphatic rings. The maximum atomic E-state index is 12.3. The Morgan fingerprint density at radius 1 is 1.10 bits per heavy atom. The molecule has 2 N–H and O–H groups in total. The van der Waals surface area contributed by atoms with Crippen molar-refractivity contribution >= 4 is 11.8 Å². The van der Waals surface area contributed by atoms with Crippen LogP contribution in [-0.4, -0.2) is 48.4 Å². The number of rotatable bonds is 3. The Morgan fingerprint density at radius 3 is 2.14 bits per heavy atom. The molecule has 0 radical (unpaired) electrons. The predicted octanol–water partition coefficient (Wildman–Crippen LogP) is 1.28. The third-order valence-electron chi connectivity index (χ3n) is 5.35. The number of likely N-dealkylation sites (tertiary alicyclic amines) is 1. The highest BCUT2D eigenvalue weighted by Crippen LogP contribution is 2.28. The van der Waals surface area contributed by atoms with Crippen LogP contribution in [0.15, 0.2) is 0 Å². The number of nitrogens with zero attached hydrogens (tertiary/aromatic N) is 1. The van der Waals surface area contributed by atoms with E-state index >= 15 is 0 Å². The summed E-state index contributed by atoms with van der Waals surface area (Å²) in [6.45, 7) is 5.29. The third-order valence-corrected chi connectivity index (χ3v) is 5.35. The highest BCUT2D eigenvalue weighted by molar-refractivity contribution is 5.79. The van der Waals surface area contributed by atoms with Crippen molar-refractivity contribution in [1.82, 2.24) is 15.5 Å². The van der Waals surface area contributed by atoms with E-state index < -0.39 is 0 Å². The van der Waals surface area contributed by atoms with Gasteiger partial charge in [0.15, 0.2) is 0 Å². The molecule has 0 unspecified atom stereocenters. The van der Waals surface area contributed by atoms with Crippen molar-refractivity contribution < 1.29 is 9.59 Å². The molecule has 0 aromatic rings. The average Bonchev–Trinajstić information content (AvgIpc) is 2.50. The van der Waals surface area contributed by atoms with Gasteiger partial charge in [-0.2, -0.15) is 0 Å². The quantitative estimate of drug-likeness (QED) is 0.824. The monoisotopic (exact) mass is 295 g/mol. The molecule has 1 aliphatic carbocycles. The number of hydrogen-bond acceptors (Lipinski definition) is 3. The molecule has 1 saturated carbocycles. The molecule has 0 aromatic carbocycles. The van der Waals surface area contributed by atoms with Crippen LogP contribution >= 0.6 is 0 Å². The summed E-state index contributed by atoms with van der Waals surface area (Å²) in [5.74, 6) is 0.391. The fourth-order valence-corrected chi connectivity index (χ4v) is 3.42. The van der Waals surface area contributed by atoms with E-state index in [-0.39, 0.29) is 23.3 Å². The normalized spacial score (nSPS) is 31.0. The van der Waals surface area contributed by atoms with Crippen molar-refractivity contribution in [3.8, 4) is 0 Å². The van der Waals surface area contributed by atoms with Gasteiger partial charge in [0.05, 0.1) is 0 Å². The molecule has 0 bridgehead atoms. The Hall–Kier alpha value is -1.10. The van der Waals surface area contributed by atoms with E-state index in [0.717, 1.165) is 51.6 Å². The summed E-state index contributed by atoms with van der Waals surface area (Å²) in [5, 5.41) is 6.61. The molecule has 0 atom stereocenters. The van der Waals surface area contributed by atoms with Crippen LogP contribution in [0.25, 0.3) is 0 Å². The second-order valence-electron chi connectivity index (χ2n) is 6.87. The molecule has 1 heterocycles. The first-order valence-corrected chi connectivity index (χ1v) is 8.18. The van der Waals surface area contributed by atoms with Crippen LogP contribution in [-0.2, 0) is 9.59 Å². The van der Waals surface area contributed by atoms with Gasteiger partial charge in [0.2, 0.25) is 11.8 Å². The van der Waals surface area contributed by atoms with Crippen LogP contribution in [0.4, 0.5) is 0 Å². The molecule has 2 amide bonds. The average molecular weight is 295 g/mol. The first-order chi connectivity index (χ1) is 9.93. The minimum absolute atomic E-state index is 0.0817. The standard InChI is InChI=1S/C16H29N3O2/c1-12(20)19-10-6-13(7-11-19)15(21)18-14-4-8-16(2,17-3)9-5-14/h13-14,17H,4-11H2,1-3H3,(H,18,21). The van der Waals surface area contributed by atoms with Crippen LogP contribution in [0.1, 0.15) is 52.4 Å². The van der Waals surface area contributed by atoms with E-state index in [1.165, 1.54) is 0 Å². The van der Waals surface area contributed by atoms with Gasteiger partial charge in [-0.3, -0.25) is 9.59 Å². The third kappa shape index (κ3) is 4.19. The lowest BCUT2D eigenvalue weighted by atomic mass is 9.80. The Morgan fingerprint density at radius 2 is 1.67 bits per heavy atom. The van der Waals surface area contributed by atoms with Crippen molar-refractivity contribution in [2.24, 2.45) is 5.92 Å². The lowest BCUT2D eigenvalue weighted by molar-refractivity contribution is -0.134. The SMILES string of the molecule is CNC1(C)CCC(NC(=O)C2CCN(C(C)=O)CC2)CC1. The molecular weight excluding hydrogens is 266 g/mol. The Labute approximate surface area is 127 Å². The van der Waals surface area contributed by atoms with Gasteiger partial charge in [-0.05, 0) is 52.5 Å². The number of piperidine rings is 1. The van der Waals surface area contributed by atoms with Gasteiger partial charge in [-0.25, -0.2) is 0 Å². The van der Waals surface area contributed by atoms with Gasteiger partial charge in [0, 0.05) is 37.5 Å². The van der Waals surface area contributed by atoms with E-state index in [4.69, 9.17) is 0 Å². The lowest BCUT2D eigenvalue weighted by Crippen LogP contribution is -2.50. The topological polar surface area (TPSA) is 61.4 Å². The summed E-state index contributed by atoms with van der Waals surface area (Å²) in [6, 6.07) is 0.324. The van der Waals surface area contributed by atoms with Gasteiger partial charge in [-0.15, -0.1) is 0 Å². The Balaban J connectivity index is 1.75. The smallest absolute Gasteiger partial charge is 0.223 e. The number of nitrogens with one attached hydrogen (secondary N) is 2. The number of hydrogen-bond donors (Lipinski definition) is 2. The first kappa shape index (κ1) is 16.3. The van der Waals surface area contributed by atoms with Gasteiger partial charge in [0.25, 0.3) is 0 Å².